The Bertz CT molecular complexity index is 1370. The molecule has 1 aliphatic heterocycles. The minimum absolute atomic E-state index is 0.0506. The highest BCUT2D eigenvalue weighted by atomic mass is 16.5. The van der Waals surface area contributed by atoms with Crippen LogP contribution in [0.4, 0.5) is 5.69 Å². The van der Waals surface area contributed by atoms with Gasteiger partial charge in [-0.15, -0.1) is 0 Å². The van der Waals surface area contributed by atoms with E-state index in [0.717, 1.165) is 33.8 Å². The standard InChI is InChI=1S/C29H29N5O3/c1-37-27-8-3-6-24(16-27)19-32(18-22-9-11-25(12-10-22)34-14-4-13-31-34)26-7-2-5-23(15-26)20-33-21-28(35)30-17-29(33)36/h2-16H,17-21H2,1H3,(H,30,35). The van der Waals surface area contributed by atoms with Crippen LogP contribution in [0.2, 0.25) is 0 Å². The monoisotopic (exact) mass is 495 g/mol. The number of piperazine rings is 1. The molecule has 37 heavy (non-hydrogen) atoms. The molecule has 0 atom stereocenters. The van der Waals surface area contributed by atoms with E-state index in [9.17, 15) is 9.59 Å². The number of hydrogen-bond acceptors (Lipinski definition) is 5. The molecule has 2 amide bonds. The lowest BCUT2D eigenvalue weighted by molar-refractivity contribution is -0.141. The molecule has 0 spiro atoms. The first-order valence-electron chi connectivity index (χ1n) is 12.2. The SMILES string of the molecule is COc1cccc(CN(Cc2ccc(-n3cccn3)cc2)c2cccc(CN3CC(=O)NCC3=O)c2)c1. The van der Waals surface area contributed by atoms with E-state index in [1.807, 2.05) is 47.3 Å². The fourth-order valence-electron chi connectivity index (χ4n) is 4.45. The molecule has 0 saturated carbocycles. The Hall–Kier alpha value is -4.59. The number of nitrogens with one attached hydrogen (secondary N) is 1. The van der Waals surface area contributed by atoms with Crippen LogP contribution in [0.15, 0.2) is 91.3 Å². The number of ether oxygens (including phenoxy) is 1. The van der Waals surface area contributed by atoms with Crippen molar-refractivity contribution in [2.75, 3.05) is 25.1 Å². The summed E-state index contributed by atoms with van der Waals surface area (Å²) in [7, 11) is 1.67. The fraction of sp³-hybridized carbons (Fsp3) is 0.207. The lowest BCUT2D eigenvalue weighted by Crippen LogP contribution is -2.51. The van der Waals surface area contributed by atoms with Crippen LogP contribution >= 0.6 is 0 Å². The molecular formula is C29H29N5O3. The number of carbonyl (C=O) groups excluding carboxylic acids is 2. The Balaban J connectivity index is 1.40. The molecule has 0 aliphatic carbocycles. The second-order valence-corrected chi connectivity index (χ2v) is 9.02. The first kappa shape index (κ1) is 24.1. The maximum absolute atomic E-state index is 12.3. The van der Waals surface area contributed by atoms with E-state index < -0.39 is 0 Å². The average Bonchev–Trinajstić information content (AvgIpc) is 3.46. The fourth-order valence-corrected chi connectivity index (χ4v) is 4.45. The lowest BCUT2D eigenvalue weighted by atomic mass is 10.1. The van der Waals surface area contributed by atoms with Gasteiger partial charge in [0.05, 0.1) is 25.9 Å². The molecule has 0 unspecified atom stereocenters. The van der Waals surface area contributed by atoms with E-state index in [1.54, 1.807) is 18.2 Å². The minimum Gasteiger partial charge on any atom is -0.497 e. The summed E-state index contributed by atoms with van der Waals surface area (Å²) in [6.07, 6.45) is 3.69. The summed E-state index contributed by atoms with van der Waals surface area (Å²) in [5.41, 5.74) is 5.30. The van der Waals surface area contributed by atoms with E-state index >= 15 is 0 Å². The van der Waals surface area contributed by atoms with Gasteiger partial charge in [0.1, 0.15) is 5.75 Å². The van der Waals surface area contributed by atoms with Crippen molar-refractivity contribution in [2.24, 2.45) is 0 Å². The highest BCUT2D eigenvalue weighted by Gasteiger charge is 2.23. The predicted molar refractivity (Wildman–Crippen MR) is 141 cm³/mol. The van der Waals surface area contributed by atoms with Crippen LogP contribution in [0.3, 0.4) is 0 Å². The van der Waals surface area contributed by atoms with Crippen molar-refractivity contribution in [3.8, 4) is 11.4 Å². The number of anilines is 1. The van der Waals surface area contributed by atoms with Crippen LogP contribution < -0.4 is 15.0 Å². The normalized spacial score (nSPS) is 13.4. The zero-order chi connectivity index (χ0) is 25.6. The number of benzene rings is 3. The van der Waals surface area contributed by atoms with Crippen molar-refractivity contribution in [3.05, 3.63) is 108 Å². The van der Waals surface area contributed by atoms with E-state index in [0.29, 0.717) is 19.6 Å². The summed E-state index contributed by atoms with van der Waals surface area (Å²) in [4.78, 5) is 28.0. The van der Waals surface area contributed by atoms with Gasteiger partial charge in [-0.05, 0) is 59.2 Å². The third kappa shape index (κ3) is 5.98. The minimum atomic E-state index is -0.131. The van der Waals surface area contributed by atoms with Gasteiger partial charge >= 0.3 is 0 Å². The lowest BCUT2D eigenvalue weighted by Gasteiger charge is -2.28. The van der Waals surface area contributed by atoms with Crippen molar-refractivity contribution < 1.29 is 14.3 Å². The molecule has 188 valence electrons. The van der Waals surface area contributed by atoms with Gasteiger partial charge in [-0.3, -0.25) is 9.59 Å². The van der Waals surface area contributed by atoms with Gasteiger partial charge in [0, 0.05) is 37.7 Å². The molecule has 3 aromatic carbocycles. The molecule has 2 heterocycles. The van der Waals surface area contributed by atoms with E-state index in [1.165, 1.54) is 0 Å². The highest BCUT2D eigenvalue weighted by Crippen LogP contribution is 2.24. The summed E-state index contributed by atoms with van der Waals surface area (Å²) < 4.78 is 7.27. The third-order valence-corrected chi connectivity index (χ3v) is 6.36. The molecule has 1 fully saturated rings. The molecule has 4 aromatic rings. The summed E-state index contributed by atoms with van der Waals surface area (Å²) in [5.74, 6) is 0.612. The predicted octanol–water partition coefficient (Wildman–Crippen LogP) is 3.55. The van der Waals surface area contributed by atoms with Gasteiger partial charge in [-0.2, -0.15) is 5.10 Å². The topological polar surface area (TPSA) is 79.7 Å². The number of aromatic nitrogens is 2. The molecule has 8 heteroatoms. The number of rotatable bonds is 9. The number of carbonyl (C=O) groups is 2. The number of nitrogens with zero attached hydrogens (tertiary/aromatic N) is 4. The van der Waals surface area contributed by atoms with Crippen LogP contribution in [0.5, 0.6) is 5.75 Å². The summed E-state index contributed by atoms with van der Waals surface area (Å²) in [6, 6.07) is 26.5. The number of methoxy groups -OCH3 is 1. The average molecular weight is 496 g/mol. The Kier molecular flexibility index (Phi) is 7.16. The van der Waals surface area contributed by atoms with E-state index in [2.05, 4.69) is 57.8 Å². The van der Waals surface area contributed by atoms with Crippen LogP contribution in [0.1, 0.15) is 16.7 Å². The summed E-state index contributed by atoms with van der Waals surface area (Å²) in [6.45, 7) is 1.89. The van der Waals surface area contributed by atoms with Crippen molar-refractivity contribution in [3.63, 3.8) is 0 Å². The quantitative estimate of drug-likeness (QED) is 0.384. The van der Waals surface area contributed by atoms with Crippen LogP contribution in [-0.4, -0.2) is 46.7 Å². The van der Waals surface area contributed by atoms with E-state index in [-0.39, 0.29) is 24.9 Å². The van der Waals surface area contributed by atoms with Crippen molar-refractivity contribution >= 4 is 17.5 Å². The van der Waals surface area contributed by atoms with Crippen molar-refractivity contribution in [1.82, 2.24) is 20.0 Å². The van der Waals surface area contributed by atoms with E-state index in [4.69, 9.17) is 4.74 Å². The number of hydrogen-bond donors (Lipinski definition) is 1. The molecule has 1 aromatic heterocycles. The smallest absolute Gasteiger partial charge is 0.242 e. The first-order chi connectivity index (χ1) is 18.1. The molecule has 0 radical (unpaired) electrons. The Morgan fingerprint density at radius 2 is 1.70 bits per heavy atom. The molecule has 5 rings (SSSR count). The largest absolute Gasteiger partial charge is 0.497 e. The second kappa shape index (κ2) is 11.0. The molecular weight excluding hydrogens is 466 g/mol. The summed E-state index contributed by atoms with van der Waals surface area (Å²) >= 11 is 0. The Morgan fingerprint density at radius 1 is 0.919 bits per heavy atom. The Morgan fingerprint density at radius 3 is 2.49 bits per heavy atom. The third-order valence-electron chi connectivity index (χ3n) is 6.36. The molecule has 8 nitrogen and oxygen atoms in total. The maximum Gasteiger partial charge on any atom is 0.242 e. The maximum atomic E-state index is 12.3. The van der Waals surface area contributed by atoms with Crippen LogP contribution in [0, 0.1) is 0 Å². The van der Waals surface area contributed by atoms with Gasteiger partial charge in [-0.1, -0.05) is 36.4 Å². The van der Waals surface area contributed by atoms with Crippen molar-refractivity contribution in [2.45, 2.75) is 19.6 Å². The Labute approximate surface area is 216 Å². The zero-order valence-corrected chi connectivity index (χ0v) is 20.7. The zero-order valence-electron chi connectivity index (χ0n) is 20.7. The molecule has 1 N–H and O–H groups in total. The molecule has 1 saturated heterocycles. The van der Waals surface area contributed by atoms with Gasteiger partial charge in [0.25, 0.3) is 0 Å². The van der Waals surface area contributed by atoms with Gasteiger partial charge in [0.15, 0.2) is 0 Å². The summed E-state index contributed by atoms with van der Waals surface area (Å²) in [5, 5.41) is 6.91. The molecule has 1 aliphatic rings. The highest BCUT2D eigenvalue weighted by molar-refractivity contribution is 5.92. The van der Waals surface area contributed by atoms with Crippen LogP contribution in [0.25, 0.3) is 5.69 Å². The second-order valence-electron chi connectivity index (χ2n) is 9.02. The first-order valence-corrected chi connectivity index (χ1v) is 12.2. The number of amides is 2. The van der Waals surface area contributed by atoms with Crippen molar-refractivity contribution in [1.29, 1.82) is 0 Å². The molecule has 0 bridgehead atoms. The van der Waals surface area contributed by atoms with Gasteiger partial charge < -0.3 is 19.9 Å². The van der Waals surface area contributed by atoms with Crippen LogP contribution in [-0.2, 0) is 29.2 Å². The van der Waals surface area contributed by atoms with Gasteiger partial charge in [0.2, 0.25) is 11.8 Å². The van der Waals surface area contributed by atoms with Gasteiger partial charge in [-0.25, -0.2) is 4.68 Å².